The van der Waals surface area contributed by atoms with E-state index in [1.165, 1.54) is 0 Å². The number of nitrogens with two attached hydrogens (primary N) is 1. The molecule has 8 heteroatoms. The molecule has 1 aliphatic heterocycles. The van der Waals surface area contributed by atoms with E-state index in [1.54, 1.807) is 0 Å². The summed E-state index contributed by atoms with van der Waals surface area (Å²) in [5, 5.41) is 0. The molecule has 2 N–H and O–H groups in total. The Bertz CT molecular complexity index is 446. The summed E-state index contributed by atoms with van der Waals surface area (Å²) in [5.74, 6) is -1.14. The van der Waals surface area contributed by atoms with Gasteiger partial charge in [0, 0.05) is 5.56 Å². The molecule has 1 aromatic rings. The Balaban J connectivity index is 2.43. The van der Waals surface area contributed by atoms with Gasteiger partial charge in [0.25, 0.3) is 0 Å². The Labute approximate surface area is 91.9 Å². The molecule has 0 radical (unpaired) electrons. The Morgan fingerprint density at radius 3 is 2.41 bits per heavy atom. The second-order valence-electron chi connectivity index (χ2n) is 3.36. The molecule has 0 aromatic heterocycles. The van der Waals surface area contributed by atoms with Gasteiger partial charge in [-0.05, 0) is 6.07 Å². The van der Waals surface area contributed by atoms with Gasteiger partial charge < -0.3 is 15.2 Å². The Morgan fingerprint density at radius 2 is 1.82 bits per heavy atom. The van der Waals surface area contributed by atoms with Crippen LogP contribution in [-0.2, 0) is 0 Å². The van der Waals surface area contributed by atoms with E-state index in [0.29, 0.717) is 0 Å². The van der Waals surface area contributed by atoms with Crippen molar-refractivity contribution < 1.29 is 31.4 Å². The van der Waals surface area contributed by atoms with Gasteiger partial charge in [0.2, 0.25) is 0 Å². The molecule has 0 saturated heterocycles. The van der Waals surface area contributed by atoms with Crippen molar-refractivity contribution in [3.63, 3.8) is 0 Å². The molecular weight excluding hydrogens is 249 g/mol. The number of hydrogen-bond acceptors (Lipinski definition) is 3. The predicted octanol–water partition coefficient (Wildman–Crippen LogP) is 2.57. The molecule has 1 aromatic carbocycles. The van der Waals surface area contributed by atoms with Gasteiger partial charge in [-0.1, -0.05) is 12.1 Å². The monoisotopic (exact) mass is 255 g/mol. The first-order valence-corrected chi connectivity index (χ1v) is 4.42. The van der Waals surface area contributed by atoms with E-state index < -0.39 is 35.6 Å². The van der Waals surface area contributed by atoms with Gasteiger partial charge in [-0.2, -0.15) is 13.2 Å². The molecule has 1 aliphatic rings. The summed E-state index contributed by atoms with van der Waals surface area (Å²) in [6.07, 6.45) is -8.72. The number of halogens is 5. The standard InChI is InChI=1S/C9H6F5NO2/c10-8(11,12)7(15)4-2-1-3-5-6(4)17-9(13,14)16-5/h1-3,7H,15H2/t7-/m0/s1. The fourth-order valence-corrected chi connectivity index (χ4v) is 1.41. The highest BCUT2D eigenvalue weighted by Crippen LogP contribution is 2.47. The number of ether oxygens (including phenoxy) is 2. The average molecular weight is 255 g/mol. The van der Waals surface area contributed by atoms with Crippen molar-refractivity contribution in [3.8, 4) is 11.5 Å². The number of hydrogen-bond donors (Lipinski definition) is 1. The summed E-state index contributed by atoms with van der Waals surface area (Å²) in [4.78, 5) is 0. The summed E-state index contributed by atoms with van der Waals surface area (Å²) in [6, 6.07) is 0.754. The molecule has 1 heterocycles. The number of rotatable bonds is 1. The van der Waals surface area contributed by atoms with Gasteiger partial charge in [0.1, 0.15) is 6.04 Å². The number of benzene rings is 1. The zero-order chi connectivity index (χ0) is 12.8. The third-order valence-corrected chi connectivity index (χ3v) is 2.15. The lowest BCUT2D eigenvalue weighted by Gasteiger charge is -2.17. The Kier molecular flexibility index (Phi) is 2.42. The lowest BCUT2D eigenvalue weighted by molar-refractivity contribution is -0.287. The fourth-order valence-electron chi connectivity index (χ4n) is 1.41. The molecule has 0 spiro atoms. The highest BCUT2D eigenvalue weighted by molar-refractivity contribution is 5.50. The van der Waals surface area contributed by atoms with E-state index >= 15 is 0 Å². The lowest BCUT2D eigenvalue weighted by atomic mass is 10.1. The molecule has 2 rings (SSSR count). The van der Waals surface area contributed by atoms with Crippen LogP contribution in [0.1, 0.15) is 11.6 Å². The zero-order valence-corrected chi connectivity index (χ0v) is 8.09. The van der Waals surface area contributed by atoms with Crippen LogP contribution < -0.4 is 15.2 Å². The summed E-state index contributed by atoms with van der Waals surface area (Å²) < 4.78 is 70.6. The largest absolute Gasteiger partial charge is 0.586 e. The van der Waals surface area contributed by atoms with Gasteiger partial charge in [-0.25, -0.2) is 0 Å². The van der Waals surface area contributed by atoms with Crippen LogP contribution >= 0.6 is 0 Å². The fraction of sp³-hybridized carbons (Fsp3) is 0.333. The topological polar surface area (TPSA) is 44.5 Å². The predicted molar refractivity (Wildman–Crippen MR) is 45.6 cm³/mol. The lowest BCUT2D eigenvalue weighted by Crippen LogP contribution is -2.29. The minimum atomic E-state index is -4.75. The van der Waals surface area contributed by atoms with Crippen LogP contribution in [-0.4, -0.2) is 12.5 Å². The molecular formula is C9H6F5NO2. The molecule has 3 nitrogen and oxygen atoms in total. The molecule has 1 atom stereocenters. The van der Waals surface area contributed by atoms with Gasteiger partial charge in [0.15, 0.2) is 11.5 Å². The second kappa shape index (κ2) is 3.46. The molecule has 0 saturated carbocycles. The van der Waals surface area contributed by atoms with Crippen molar-refractivity contribution in [2.24, 2.45) is 5.73 Å². The first-order valence-electron chi connectivity index (χ1n) is 4.42. The second-order valence-corrected chi connectivity index (χ2v) is 3.36. The van der Waals surface area contributed by atoms with Gasteiger partial charge in [-0.3, -0.25) is 0 Å². The third kappa shape index (κ3) is 2.12. The zero-order valence-electron chi connectivity index (χ0n) is 8.09. The quantitative estimate of drug-likeness (QED) is 0.784. The SMILES string of the molecule is N[C@@H](c1cccc2c1OC(F)(F)O2)C(F)(F)F. The minimum absolute atomic E-state index is 0.466. The van der Waals surface area contributed by atoms with Crippen molar-refractivity contribution in [2.75, 3.05) is 0 Å². The maximum Gasteiger partial charge on any atom is 0.586 e. The third-order valence-electron chi connectivity index (χ3n) is 2.15. The van der Waals surface area contributed by atoms with Crippen LogP contribution in [0.2, 0.25) is 0 Å². The molecule has 17 heavy (non-hydrogen) atoms. The van der Waals surface area contributed by atoms with Crippen LogP contribution in [0.5, 0.6) is 11.5 Å². The summed E-state index contributed by atoms with van der Waals surface area (Å²) in [7, 11) is 0. The smallest absolute Gasteiger partial charge is 0.395 e. The molecule has 0 fully saturated rings. The number of para-hydroxylation sites is 1. The molecule has 0 unspecified atom stereocenters. The highest BCUT2D eigenvalue weighted by Gasteiger charge is 2.48. The molecule has 94 valence electrons. The van der Waals surface area contributed by atoms with Gasteiger partial charge in [0.05, 0.1) is 0 Å². The number of alkyl halides is 5. The van der Waals surface area contributed by atoms with Crippen LogP contribution in [0.4, 0.5) is 22.0 Å². The van der Waals surface area contributed by atoms with Crippen LogP contribution in [0.3, 0.4) is 0 Å². The number of fused-ring (bicyclic) bond motifs is 1. The van der Waals surface area contributed by atoms with Crippen molar-refractivity contribution in [2.45, 2.75) is 18.5 Å². The first-order chi connectivity index (χ1) is 7.71. The maximum atomic E-state index is 12.7. The summed E-state index contributed by atoms with van der Waals surface area (Å²) >= 11 is 0. The van der Waals surface area contributed by atoms with Gasteiger partial charge >= 0.3 is 12.5 Å². The van der Waals surface area contributed by atoms with E-state index in [-0.39, 0.29) is 0 Å². The van der Waals surface area contributed by atoms with Gasteiger partial charge in [-0.15, -0.1) is 8.78 Å². The first kappa shape index (κ1) is 11.9. The van der Waals surface area contributed by atoms with E-state index in [4.69, 9.17) is 5.73 Å². The summed E-state index contributed by atoms with van der Waals surface area (Å²) in [5.41, 5.74) is 4.34. The summed E-state index contributed by atoms with van der Waals surface area (Å²) in [6.45, 7) is 0. The van der Waals surface area contributed by atoms with E-state index in [9.17, 15) is 22.0 Å². The van der Waals surface area contributed by atoms with Crippen LogP contribution in [0, 0.1) is 0 Å². The highest BCUT2D eigenvalue weighted by atomic mass is 19.4. The molecule has 0 bridgehead atoms. The minimum Gasteiger partial charge on any atom is -0.395 e. The Hall–Kier alpha value is -1.57. The van der Waals surface area contributed by atoms with Crippen molar-refractivity contribution in [3.05, 3.63) is 23.8 Å². The van der Waals surface area contributed by atoms with E-state index in [2.05, 4.69) is 9.47 Å². The van der Waals surface area contributed by atoms with Crippen LogP contribution in [0.15, 0.2) is 18.2 Å². The molecule has 0 aliphatic carbocycles. The van der Waals surface area contributed by atoms with E-state index in [0.717, 1.165) is 18.2 Å². The molecule has 0 amide bonds. The van der Waals surface area contributed by atoms with Crippen molar-refractivity contribution in [1.29, 1.82) is 0 Å². The normalized spacial score (nSPS) is 19.2. The average Bonchev–Trinajstić information content (AvgIpc) is 2.48. The maximum absolute atomic E-state index is 12.7. The Morgan fingerprint density at radius 1 is 1.18 bits per heavy atom. The van der Waals surface area contributed by atoms with Crippen LogP contribution in [0.25, 0.3) is 0 Å². The van der Waals surface area contributed by atoms with E-state index in [1.807, 2.05) is 0 Å². The van der Waals surface area contributed by atoms with Crippen molar-refractivity contribution in [1.82, 2.24) is 0 Å². The van der Waals surface area contributed by atoms with Crippen molar-refractivity contribution >= 4 is 0 Å².